The van der Waals surface area contributed by atoms with E-state index in [4.69, 9.17) is 10.8 Å². The smallest absolute Gasteiger partial charge is 0.303 e. The van der Waals surface area contributed by atoms with Gasteiger partial charge in [0, 0.05) is 12.5 Å². The van der Waals surface area contributed by atoms with Crippen LogP contribution in [0.15, 0.2) is 0 Å². The second-order valence-electron chi connectivity index (χ2n) is 3.59. The van der Waals surface area contributed by atoms with Crippen molar-refractivity contribution in [2.45, 2.75) is 39.7 Å². The second kappa shape index (κ2) is 5.14. The quantitative estimate of drug-likeness (QED) is 0.661. The molecule has 0 aromatic carbocycles. The monoisotopic (exact) mass is 173 g/mol. The lowest BCUT2D eigenvalue weighted by Gasteiger charge is -2.24. The first-order valence-corrected chi connectivity index (χ1v) is 4.46. The minimum Gasteiger partial charge on any atom is -0.481 e. The fourth-order valence-electron chi connectivity index (χ4n) is 1.32. The third-order valence-electron chi connectivity index (χ3n) is 2.28. The molecule has 0 aliphatic rings. The van der Waals surface area contributed by atoms with E-state index in [1.807, 2.05) is 20.8 Å². The summed E-state index contributed by atoms with van der Waals surface area (Å²) in [5.74, 6) is -0.283. The van der Waals surface area contributed by atoms with Crippen molar-refractivity contribution in [3.63, 3.8) is 0 Å². The molecule has 0 rings (SSSR count). The second-order valence-corrected chi connectivity index (χ2v) is 3.59. The fourth-order valence-corrected chi connectivity index (χ4v) is 1.32. The topological polar surface area (TPSA) is 63.3 Å². The van der Waals surface area contributed by atoms with Crippen LogP contribution in [0.2, 0.25) is 0 Å². The first-order valence-electron chi connectivity index (χ1n) is 4.46. The molecule has 0 spiro atoms. The van der Waals surface area contributed by atoms with Crippen LogP contribution in [0, 0.1) is 11.8 Å². The molecule has 0 saturated carbocycles. The zero-order valence-corrected chi connectivity index (χ0v) is 8.08. The van der Waals surface area contributed by atoms with Crippen LogP contribution in [-0.4, -0.2) is 17.1 Å². The normalized spacial score (nSPS) is 16.1. The summed E-state index contributed by atoms with van der Waals surface area (Å²) in [7, 11) is 0. The number of rotatable bonds is 5. The van der Waals surface area contributed by atoms with Crippen LogP contribution >= 0.6 is 0 Å². The van der Waals surface area contributed by atoms with Crippen LogP contribution in [0.5, 0.6) is 0 Å². The van der Waals surface area contributed by atoms with E-state index in [0.717, 1.165) is 6.42 Å². The number of carboxylic acid groups (broad SMARTS) is 1. The zero-order chi connectivity index (χ0) is 9.72. The molecule has 0 saturated heterocycles. The summed E-state index contributed by atoms with van der Waals surface area (Å²) < 4.78 is 0. The van der Waals surface area contributed by atoms with Crippen LogP contribution in [-0.2, 0) is 4.79 Å². The maximum absolute atomic E-state index is 10.4. The lowest BCUT2D eigenvalue weighted by molar-refractivity contribution is -0.138. The first kappa shape index (κ1) is 11.4. The Hall–Kier alpha value is -0.570. The number of nitrogens with two attached hydrogens (primary N) is 1. The van der Waals surface area contributed by atoms with Gasteiger partial charge in [-0.1, -0.05) is 27.2 Å². The van der Waals surface area contributed by atoms with Gasteiger partial charge < -0.3 is 10.8 Å². The Morgan fingerprint density at radius 1 is 1.50 bits per heavy atom. The van der Waals surface area contributed by atoms with E-state index < -0.39 is 5.97 Å². The summed E-state index contributed by atoms with van der Waals surface area (Å²) >= 11 is 0. The molecule has 0 fully saturated rings. The molecule has 0 aromatic rings. The fraction of sp³-hybridized carbons (Fsp3) is 0.889. The molecule has 3 nitrogen and oxygen atoms in total. The van der Waals surface area contributed by atoms with E-state index >= 15 is 0 Å². The van der Waals surface area contributed by atoms with E-state index in [-0.39, 0.29) is 18.4 Å². The van der Waals surface area contributed by atoms with Gasteiger partial charge in [0.2, 0.25) is 0 Å². The van der Waals surface area contributed by atoms with Crippen LogP contribution < -0.4 is 5.73 Å². The Labute approximate surface area is 74.0 Å². The third kappa shape index (κ3) is 3.72. The summed E-state index contributed by atoms with van der Waals surface area (Å²) in [6.45, 7) is 6.03. The van der Waals surface area contributed by atoms with Gasteiger partial charge in [-0.05, 0) is 11.8 Å². The molecule has 0 aliphatic heterocycles. The Morgan fingerprint density at radius 2 is 2.00 bits per heavy atom. The molecule has 0 heterocycles. The van der Waals surface area contributed by atoms with E-state index in [1.54, 1.807) is 0 Å². The maximum atomic E-state index is 10.4. The molecule has 0 unspecified atom stereocenters. The lowest BCUT2D eigenvalue weighted by Crippen LogP contribution is -2.36. The van der Waals surface area contributed by atoms with Gasteiger partial charge in [0.1, 0.15) is 0 Å². The Bertz CT molecular complexity index is 145. The highest BCUT2D eigenvalue weighted by Gasteiger charge is 2.21. The SMILES string of the molecule is CC[C@@H](CC(=O)O)[C@H](N)C(C)C. The summed E-state index contributed by atoms with van der Waals surface area (Å²) in [6, 6.07) is 0.00565. The van der Waals surface area contributed by atoms with E-state index in [2.05, 4.69) is 0 Å². The molecule has 3 N–H and O–H groups in total. The van der Waals surface area contributed by atoms with Gasteiger partial charge in [-0.25, -0.2) is 0 Å². The Balaban J connectivity index is 4.04. The van der Waals surface area contributed by atoms with E-state index in [9.17, 15) is 4.79 Å². The van der Waals surface area contributed by atoms with Gasteiger partial charge in [0.05, 0.1) is 0 Å². The van der Waals surface area contributed by atoms with Gasteiger partial charge in [-0.15, -0.1) is 0 Å². The van der Waals surface area contributed by atoms with Gasteiger partial charge in [-0.3, -0.25) is 4.79 Å². The van der Waals surface area contributed by atoms with Crippen molar-refractivity contribution in [3.05, 3.63) is 0 Å². The highest BCUT2D eigenvalue weighted by molar-refractivity contribution is 5.67. The van der Waals surface area contributed by atoms with Crippen molar-refractivity contribution in [2.24, 2.45) is 17.6 Å². The zero-order valence-electron chi connectivity index (χ0n) is 8.08. The number of hydrogen-bond donors (Lipinski definition) is 2. The van der Waals surface area contributed by atoms with Crippen molar-refractivity contribution < 1.29 is 9.90 Å². The molecule has 0 bridgehead atoms. The maximum Gasteiger partial charge on any atom is 0.303 e. The molecular formula is C9H19NO2. The lowest BCUT2D eigenvalue weighted by atomic mass is 9.87. The van der Waals surface area contributed by atoms with Crippen molar-refractivity contribution in [1.29, 1.82) is 0 Å². The number of aliphatic carboxylic acids is 1. The summed E-state index contributed by atoms with van der Waals surface area (Å²) in [5, 5.41) is 8.59. The van der Waals surface area contributed by atoms with Crippen molar-refractivity contribution in [2.75, 3.05) is 0 Å². The molecule has 72 valence electrons. The van der Waals surface area contributed by atoms with Crippen LogP contribution in [0.25, 0.3) is 0 Å². The van der Waals surface area contributed by atoms with Crippen molar-refractivity contribution in [3.8, 4) is 0 Å². The predicted octanol–water partition coefficient (Wildman–Crippen LogP) is 1.47. The predicted molar refractivity (Wildman–Crippen MR) is 48.8 cm³/mol. The number of carboxylic acids is 1. The largest absolute Gasteiger partial charge is 0.481 e. The number of carbonyl (C=O) groups is 1. The standard InChI is InChI=1S/C9H19NO2/c1-4-7(5-8(11)12)9(10)6(2)3/h6-7,9H,4-5,10H2,1-3H3,(H,11,12)/t7-,9+/m0/s1. The average Bonchev–Trinajstić information content (AvgIpc) is 1.98. The van der Waals surface area contributed by atoms with E-state index in [0.29, 0.717) is 5.92 Å². The minimum absolute atomic E-state index is 0.00565. The van der Waals surface area contributed by atoms with E-state index in [1.165, 1.54) is 0 Å². The van der Waals surface area contributed by atoms with Crippen molar-refractivity contribution >= 4 is 5.97 Å². The van der Waals surface area contributed by atoms with Gasteiger partial charge in [0.25, 0.3) is 0 Å². The highest BCUT2D eigenvalue weighted by atomic mass is 16.4. The molecule has 2 atom stereocenters. The summed E-state index contributed by atoms with van der Waals surface area (Å²) in [5.41, 5.74) is 5.86. The average molecular weight is 173 g/mol. The molecule has 0 aromatic heterocycles. The van der Waals surface area contributed by atoms with Gasteiger partial charge in [0.15, 0.2) is 0 Å². The minimum atomic E-state index is -0.752. The number of hydrogen-bond acceptors (Lipinski definition) is 2. The molecular weight excluding hydrogens is 154 g/mol. The van der Waals surface area contributed by atoms with Crippen LogP contribution in [0.4, 0.5) is 0 Å². The Kier molecular flexibility index (Phi) is 4.90. The first-order chi connectivity index (χ1) is 5.49. The van der Waals surface area contributed by atoms with Crippen molar-refractivity contribution in [1.82, 2.24) is 0 Å². The van der Waals surface area contributed by atoms with Crippen LogP contribution in [0.3, 0.4) is 0 Å². The summed E-state index contributed by atoms with van der Waals surface area (Å²) in [6.07, 6.45) is 1.03. The molecule has 0 amide bonds. The molecule has 0 radical (unpaired) electrons. The molecule has 3 heteroatoms. The Morgan fingerprint density at radius 3 is 2.25 bits per heavy atom. The van der Waals surface area contributed by atoms with Gasteiger partial charge in [-0.2, -0.15) is 0 Å². The highest BCUT2D eigenvalue weighted by Crippen LogP contribution is 2.17. The molecule has 0 aliphatic carbocycles. The molecule has 12 heavy (non-hydrogen) atoms. The summed E-state index contributed by atoms with van der Waals surface area (Å²) in [4.78, 5) is 10.4. The van der Waals surface area contributed by atoms with Crippen LogP contribution in [0.1, 0.15) is 33.6 Å². The third-order valence-corrected chi connectivity index (χ3v) is 2.28. The van der Waals surface area contributed by atoms with Gasteiger partial charge >= 0.3 is 5.97 Å².